The molecule has 0 radical (unpaired) electrons. The first-order valence-corrected chi connectivity index (χ1v) is 6.14. The van der Waals surface area contributed by atoms with Crippen LogP contribution in [0.4, 0.5) is 5.69 Å². The van der Waals surface area contributed by atoms with Crippen molar-refractivity contribution in [3.8, 4) is 0 Å². The van der Waals surface area contributed by atoms with Gasteiger partial charge in [-0.3, -0.25) is 9.67 Å². The second-order valence-electron chi connectivity index (χ2n) is 5.48. The van der Waals surface area contributed by atoms with E-state index in [2.05, 4.69) is 48.3 Å². The maximum Gasteiger partial charge on any atom is 0.0724 e. The van der Waals surface area contributed by atoms with Crippen LogP contribution in [-0.2, 0) is 12.0 Å². The van der Waals surface area contributed by atoms with Crippen molar-refractivity contribution in [1.29, 1.82) is 0 Å². The first kappa shape index (κ1) is 12.6. The van der Waals surface area contributed by atoms with E-state index in [1.807, 2.05) is 30.3 Å². The minimum atomic E-state index is 0.101. The molecule has 2 rings (SSSR count). The highest BCUT2D eigenvalue weighted by Crippen LogP contribution is 2.19. The van der Waals surface area contributed by atoms with E-state index in [0.29, 0.717) is 0 Å². The van der Waals surface area contributed by atoms with Crippen molar-refractivity contribution in [3.05, 3.63) is 42.0 Å². The number of hydrogen-bond donors (Lipinski definition) is 1. The SMILES string of the molecule is CNc1cnn(Cc2ccc(C(C)(C)C)nc2)c1. The predicted molar refractivity (Wildman–Crippen MR) is 73.8 cm³/mol. The predicted octanol–water partition coefficient (Wildman–Crippen LogP) is 2.67. The van der Waals surface area contributed by atoms with Crippen LogP contribution in [0.2, 0.25) is 0 Å². The summed E-state index contributed by atoms with van der Waals surface area (Å²) in [6, 6.07) is 4.21. The maximum absolute atomic E-state index is 4.52. The van der Waals surface area contributed by atoms with Crippen LogP contribution in [0.1, 0.15) is 32.0 Å². The molecule has 18 heavy (non-hydrogen) atoms. The summed E-state index contributed by atoms with van der Waals surface area (Å²) in [7, 11) is 1.89. The van der Waals surface area contributed by atoms with Gasteiger partial charge in [-0.2, -0.15) is 5.10 Å². The monoisotopic (exact) mass is 244 g/mol. The van der Waals surface area contributed by atoms with Gasteiger partial charge < -0.3 is 5.32 Å². The number of aromatic nitrogens is 3. The normalized spacial score (nSPS) is 11.6. The second kappa shape index (κ2) is 4.80. The van der Waals surface area contributed by atoms with Crippen molar-refractivity contribution < 1.29 is 0 Å². The fourth-order valence-corrected chi connectivity index (χ4v) is 1.73. The highest BCUT2D eigenvalue weighted by Gasteiger charge is 2.14. The van der Waals surface area contributed by atoms with Crippen LogP contribution >= 0.6 is 0 Å². The molecule has 0 saturated carbocycles. The van der Waals surface area contributed by atoms with Gasteiger partial charge in [0.05, 0.1) is 18.4 Å². The summed E-state index contributed by atoms with van der Waals surface area (Å²) in [5.74, 6) is 0. The van der Waals surface area contributed by atoms with Crippen LogP contribution in [0.15, 0.2) is 30.7 Å². The van der Waals surface area contributed by atoms with Gasteiger partial charge in [0, 0.05) is 30.6 Å². The first-order valence-electron chi connectivity index (χ1n) is 6.14. The number of nitrogens with zero attached hydrogens (tertiary/aromatic N) is 3. The van der Waals surface area contributed by atoms with E-state index >= 15 is 0 Å². The zero-order chi connectivity index (χ0) is 13.2. The number of rotatable bonds is 3. The first-order chi connectivity index (χ1) is 8.49. The third-order valence-electron chi connectivity index (χ3n) is 2.86. The second-order valence-corrected chi connectivity index (χ2v) is 5.48. The van der Waals surface area contributed by atoms with Gasteiger partial charge in [0.1, 0.15) is 0 Å². The summed E-state index contributed by atoms with van der Waals surface area (Å²) >= 11 is 0. The van der Waals surface area contributed by atoms with Gasteiger partial charge in [-0.25, -0.2) is 0 Å². The lowest BCUT2D eigenvalue weighted by Gasteiger charge is -2.17. The molecule has 2 heterocycles. The molecule has 0 aliphatic carbocycles. The molecule has 0 atom stereocenters. The molecule has 0 spiro atoms. The summed E-state index contributed by atoms with van der Waals surface area (Å²) < 4.78 is 1.90. The molecule has 0 unspecified atom stereocenters. The van der Waals surface area contributed by atoms with Crippen LogP contribution in [-0.4, -0.2) is 21.8 Å². The van der Waals surface area contributed by atoms with Gasteiger partial charge in [0.15, 0.2) is 0 Å². The average Bonchev–Trinajstić information content (AvgIpc) is 2.76. The quantitative estimate of drug-likeness (QED) is 0.902. The third kappa shape index (κ3) is 2.88. The molecule has 2 aromatic heterocycles. The lowest BCUT2D eigenvalue weighted by molar-refractivity contribution is 0.567. The molecule has 0 fully saturated rings. The molecule has 0 aromatic carbocycles. The molecule has 0 amide bonds. The van der Waals surface area contributed by atoms with Crippen molar-refractivity contribution in [2.45, 2.75) is 32.7 Å². The van der Waals surface area contributed by atoms with E-state index in [1.54, 1.807) is 0 Å². The number of anilines is 1. The van der Waals surface area contributed by atoms with Gasteiger partial charge in [-0.05, 0) is 11.6 Å². The largest absolute Gasteiger partial charge is 0.386 e. The molecule has 4 heteroatoms. The fraction of sp³-hybridized carbons (Fsp3) is 0.429. The van der Waals surface area contributed by atoms with Gasteiger partial charge in [-0.15, -0.1) is 0 Å². The van der Waals surface area contributed by atoms with Crippen molar-refractivity contribution in [2.75, 3.05) is 12.4 Å². The van der Waals surface area contributed by atoms with Gasteiger partial charge in [0.2, 0.25) is 0 Å². The van der Waals surface area contributed by atoms with E-state index in [1.165, 1.54) is 0 Å². The molecule has 96 valence electrons. The minimum Gasteiger partial charge on any atom is -0.386 e. The number of nitrogens with one attached hydrogen (secondary N) is 1. The van der Waals surface area contributed by atoms with E-state index in [9.17, 15) is 0 Å². The van der Waals surface area contributed by atoms with Gasteiger partial charge in [0.25, 0.3) is 0 Å². The Morgan fingerprint density at radius 1 is 1.22 bits per heavy atom. The lowest BCUT2D eigenvalue weighted by Crippen LogP contribution is -2.13. The van der Waals surface area contributed by atoms with Crippen molar-refractivity contribution in [3.63, 3.8) is 0 Å². The summed E-state index contributed by atoms with van der Waals surface area (Å²) in [5, 5.41) is 7.34. The summed E-state index contributed by atoms with van der Waals surface area (Å²) in [5.41, 5.74) is 3.40. The van der Waals surface area contributed by atoms with E-state index in [-0.39, 0.29) is 5.41 Å². The minimum absolute atomic E-state index is 0.101. The molecular weight excluding hydrogens is 224 g/mol. The van der Waals surface area contributed by atoms with Crippen LogP contribution in [0.3, 0.4) is 0 Å². The number of pyridine rings is 1. The zero-order valence-electron chi connectivity index (χ0n) is 11.4. The Labute approximate surface area is 108 Å². The van der Waals surface area contributed by atoms with Crippen molar-refractivity contribution >= 4 is 5.69 Å². The van der Waals surface area contributed by atoms with Crippen LogP contribution < -0.4 is 5.32 Å². The van der Waals surface area contributed by atoms with Crippen LogP contribution in [0.25, 0.3) is 0 Å². The Balaban J connectivity index is 2.11. The molecule has 4 nitrogen and oxygen atoms in total. The smallest absolute Gasteiger partial charge is 0.0724 e. The van der Waals surface area contributed by atoms with E-state index in [4.69, 9.17) is 0 Å². The van der Waals surface area contributed by atoms with Gasteiger partial charge in [-0.1, -0.05) is 26.8 Å². The summed E-state index contributed by atoms with van der Waals surface area (Å²) in [6.45, 7) is 7.25. The van der Waals surface area contributed by atoms with E-state index < -0.39 is 0 Å². The van der Waals surface area contributed by atoms with Crippen LogP contribution in [0.5, 0.6) is 0 Å². The number of hydrogen-bond acceptors (Lipinski definition) is 3. The highest BCUT2D eigenvalue weighted by molar-refractivity contribution is 5.37. The third-order valence-corrected chi connectivity index (χ3v) is 2.86. The Bertz CT molecular complexity index is 505. The topological polar surface area (TPSA) is 42.7 Å². The molecule has 0 aliphatic heterocycles. The molecular formula is C14H20N4. The molecule has 2 aromatic rings. The Hall–Kier alpha value is -1.84. The summed E-state index contributed by atoms with van der Waals surface area (Å²) in [6.07, 6.45) is 5.73. The standard InChI is InChI=1S/C14H20N4/c1-14(2,3)13-6-5-11(7-16-13)9-18-10-12(15-4)8-17-18/h5-8,10,15H,9H2,1-4H3. The highest BCUT2D eigenvalue weighted by atomic mass is 15.3. The molecule has 0 aliphatic rings. The van der Waals surface area contributed by atoms with Crippen molar-refractivity contribution in [1.82, 2.24) is 14.8 Å². The maximum atomic E-state index is 4.52. The summed E-state index contributed by atoms with van der Waals surface area (Å²) in [4.78, 5) is 4.52. The lowest BCUT2D eigenvalue weighted by atomic mass is 9.91. The van der Waals surface area contributed by atoms with Crippen molar-refractivity contribution in [2.24, 2.45) is 0 Å². The Morgan fingerprint density at radius 3 is 2.50 bits per heavy atom. The zero-order valence-corrected chi connectivity index (χ0v) is 11.4. The average molecular weight is 244 g/mol. The fourth-order valence-electron chi connectivity index (χ4n) is 1.73. The molecule has 0 saturated heterocycles. The van der Waals surface area contributed by atoms with Gasteiger partial charge >= 0.3 is 0 Å². The molecule has 1 N–H and O–H groups in total. The van der Waals surface area contributed by atoms with E-state index in [0.717, 1.165) is 23.5 Å². The molecule has 0 bridgehead atoms. The van der Waals surface area contributed by atoms with Crippen LogP contribution in [0, 0.1) is 0 Å². The Morgan fingerprint density at radius 2 is 2.00 bits per heavy atom. The Kier molecular flexibility index (Phi) is 3.36.